The van der Waals surface area contributed by atoms with Crippen LogP contribution in [-0.2, 0) is 0 Å². The third-order valence-corrected chi connectivity index (χ3v) is 2.71. The van der Waals surface area contributed by atoms with Gasteiger partial charge < -0.3 is 5.32 Å². The Hall–Kier alpha value is -0.690. The third-order valence-electron chi connectivity index (χ3n) is 2.13. The summed E-state index contributed by atoms with van der Waals surface area (Å²) in [5, 5.41) is 4.01. The van der Waals surface area contributed by atoms with Gasteiger partial charge in [0.25, 0.3) is 0 Å². The highest BCUT2D eigenvalue weighted by Crippen LogP contribution is 2.29. The fraction of sp³-hybridized carbons (Fsp3) is 0.400. The molecule has 1 nitrogen and oxygen atoms in total. The number of aryl methyl sites for hydroxylation is 2. The molecule has 1 N–H and O–H groups in total. The van der Waals surface area contributed by atoms with E-state index in [1.54, 1.807) is 0 Å². The number of rotatable bonds is 1. The molecule has 1 aromatic rings. The molecule has 66 valence electrons. The van der Waals surface area contributed by atoms with Gasteiger partial charge in [0.1, 0.15) is 0 Å². The van der Waals surface area contributed by atoms with Gasteiger partial charge in [0, 0.05) is 17.8 Å². The number of benzene rings is 1. The highest BCUT2D eigenvalue weighted by atomic mass is 35.5. The lowest BCUT2D eigenvalue weighted by atomic mass is 10.1. The fourth-order valence-electron chi connectivity index (χ4n) is 1.55. The zero-order valence-corrected chi connectivity index (χ0v) is 8.71. The van der Waals surface area contributed by atoms with Crippen molar-refractivity contribution in [3.63, 3.8) is 0 Å². The van der Waals surface area contributed by atoms with Crippen LogP contribution in [0, 0.1) is 20.8 Å². The maximum Gasteiger partial charge on any atom is 0.0485 e. The number of halogens is 1. The minimum atomic E-state index is 0.866. The van der Waals surface area contributed by atoms with Gasteiger partial charge in [0.15, 0.2) is 0 Å². The predicted molar refractivity (Wildman–Crippen MR) is 55.2 cm³/mol. The van der Waals surface area contributed by atoms with Gasteiger partial charge in [-0.05, 0) is 37.5 Å². The van der Waals surface area contributed by atoms with Crippen LogP contribution in [0.4, 0.5) is 5.69 Å². The molecular formula is C10H14ClN. The first kappa shape index (κ1) is 9.40. The maximum absolute atomic E-state index is 6.09. The minimum absolute atomic E-state index is 0.866. The summed E-state index contributed by atoms with van der Waals surface area (Å²) in [4.78, 5) is 0. The number of nitrogens with one attached hydrogen (secondary N) is 1. The van der Waals surface area contributed by atoms with Gasteiger partial charge in [0.2, 0.25) is 0 Å². The smallest absolute Gasteiger partial charge is 0.0485 e. The van der Waals surface area contributed by atoms with Crippen LogP contribution in [0.2, 0.25) is 5.02 Å². The minimum Gasteiger partial charge on any atom is -0.388 e. The van der Waals surface area contributed by atoms with E-state index in [1.165, 1.54) is 5.56 Å². The highest BCUT2D eigenvalue weighted by molar-refractivity contribution is 6.32. The van der Waals surface area contributed by atoms with Gasteiger partial charge in [-0.15, -0.1) is 0 Å². The van der Waals surface area contributed by atoms with Crippen LogP contribution in [0.3, 0.4) is 0 Å². The Labute approximate surface area is 78.7 Å². The molecule has 2 heteroatoms. The first-order valence-electron chi connectivity index (χ1n) is 4.02. The molecule has 0 aliphatic rings. The van der Waals surface area contributed by atoms with Crippen molar-refractivity contribution < 1.29 is 0 Å². The lowest BCUT2D eigenvalue weighted by molar-refractivity contribution is 1.29. The van der Waals surface area contributed by atoms with Crippen molar-refractivity contribution in [3.8, 4) is 0 Å². The van der Waals surface area contributed by atoms with Crippen LogP contribution >= 0.6 is 11.6 Å². The first-order chi connectivity index (χ1) is 5.57. The molecule has 1 aromatic carbocycles. The van der Waals surface area contributed by atoms with Gasteiger partial charge in [-0.1, -0.05) is 17.7 Å². The van der Waals surface area contributed by atoms with Crippen LogP contribution in [0.5, 0.6) is 0 Å². The lowest BCUT2D eigenvalue weighted by Crippen LogP contribution is -1.97. The summed E-state index contributed by atoms with van der Waals surface area (Å²) in [7, 11) is 1.92. The Kier molecular flexibility index (Phi) is 2.63. The van der Waals surface area contributed by atoms with E-state index in [0.717, 1.165) is 21.8 Å². The molecule has 0 amide bonds. The maximum atomic E-state index is 6.09. The van der Waals surface area contributed by atoms with Crippen LogP contribution in [0.1, 0.15) is 16.7 Å². The van der Waals surface area contributed by atoms with Crippen molar-refractivity contribution in [2.24, 2.45) is 0 Å². The zero-order valence-electron chi connectivity index (χ0n) is 7.96. The van der Waals surface area contributed by atoms with Crippen molar-refractivity contribution >= 4 is 17.3 Å². The van der Waals surface area contributed by atoms with Crippen molar-refractivity contribution in [2.45, 2.75) is 20.8 Å². The standard InChI is InChI=1S/C10H14ClN/c1-6-5-7(2)10(12-4)8(3)9(6)11/h5,12H,1-4H3. The van der Waals surface area contributed by atoms with Gasteiger partial charge in [0.05, 0.1) is 0 Å². The van der Waals surface area contributed by atoms with Crippen LogP contribution in [0.25, 0.3) is 0 Å². The van der Waals surface area contributed by atoms with Crippen molar-refractivity contribution in [2.75, 3.05) is 12.4 Å². The van der Waals surface area contributed by atoms with Crippen molar-refractivity contribution in [1.82, 2.24) is 0 Å². The van der Waals surface area contributed by atoms with Gasteiger partial charge in [-0.3, -0.25) is 0 Å². The summed E-state index contributed by atoms with van der Waals surface area (Å²) < 4.78 is 0. The summed E-state index contributed by atoms with van der Waals surface area (Å²) in [5.74, 6) is 0. The largest absolute Gasteiger partial charge is 0.388 e. The monoisotopic (exact) mass is 183 g/mol. The third kappa shape index (κ3) is 1.42. The molecule has 0 fully saturated rings. The van der Waals surface area contributed by atoms with Crippen LogP contribution in [0.15, 0.2) is 6.07 Å². The average molecular weight is 184 g/mol. The van der Waals surface area contributed by atoms with E-state index in [-0.39, 0.29) is 0 Å². The molecule has 0 saturated heterocycles. The summed E-state index contributed by atoms with van der Waals surface area (Å²) in [6, 6.07) is 2.10. The summed E-state index contributed by atoms with van der Waals surface area (Å²) >= 11 is 6.09. The Balaban J connectivity index is 3.40. The topological polar surface area (TPSA) is 12.0 Å². The van der Waals surface area contributed by atoms with Gasteiger partial charge >= 0.3 is 0 Å². The Morgan fingerprint density at radius 3 is 2.25 bits per heavy atom. The van der Waals surface area contributed by atoms with Crippen LogP contribution < -0.4 is 5.32 Å². The molecule has 0 saturated carbocycles. The van der Waals surface area contributed by atoms with Gasteiger partial charge in [-0.25, -0.2) is 0 Å². The molecule has 0 radical (unpaired) electrons. The van der Waals surface area contributed by atoms with E-state index in [2.05, 4.69) is 18.3 Å². The molecule has 0 aliphatic heterocycles. The molecule has 0 aromatic heterocycles. The van der Waals surface area contributed by atoms with E-state index < -0.39 is 0 Å². The quantitative estimate of drug-likeness (QED) is 0.705. The Bertz CT molecular complexity index is 305. The second-order valence-electron chi connectivity index (χ2n) is 3.07. The van der Waals surface area contributed by atoms with E-state index >= 15 is 0 Å². The SMILES string of the molecule is CNc1c(C)cc(C)c(Cl)c1C. The second-order valence-corrected chi connectivity index (χ2v) is 3.45. The van der Waals surface area contributed by atoms with Crippen molar-refractivity contribution in [1.29, 1.82) is 0 Å². The lowest BCUT2D eigenvalue weighted by Gasteiger charge is -2.12. The molecule has 0 aliphatic carbocycles. The number of hydrogen-bond donors (Lipinski definition) is 1. The van der Waals surface area contributed by atoms with Crippen molar-refractivity contribution in [3.05, 3.63) is 27.8 Å². The summed E-state index contributed by atoms with van der Waals surface area (Å²) in [5.41, 5.74) is 4.67. The first-order valence-corrected chi connectivity index (χ1v) is 4.39. The molecule has 0 unspecified atom stereocenters. The van der Waals surface area contributed by atoms with E-state index in [9.17, 15) is 0 Å². The normalized spacial score (nSPS) is 10.1. The molecule has 0 bridgehead atoms. The number of hydrogen-bond acceptors (Lipinski definition) is 1. The van der Waals surface area contributed by atoms with Crippen LogP contribution in [-0.4, -0.2) is 7.05 Å². The average Bonchev–Trinajstić information content (AvgIpc) is 2.01. The van der Waals surface area contributed by atoms with E-state index in [4.69, 9.17) is 11.6 Å². The summed E-state index contributed by atoms with van der Waals surface area (Å²) in [6.45, 7) is 6.15. The summed E-state index contributed by atoms with van der Waals surface area (Å²) in [6.07, 6.45) is 0. The number of anilines is 1. The molecule has 1 rings (SSSR count). The second kappa shape index (κ2) is 3.36. The van der Waals surface area contributed by atoms with Gasteiger partial charge in [-0.2, -0.15) is 0 Å². The molecule has 0 spiro atoms. The van der Waals surface area contributed by atoms with E-state index in [0.29, 0.717) is 0 Å². The Morgan fingerprint density at radius 1 is 1.17 bits per heavy atom. The molecule has 0 heterocycles. The highest BCUT2D eigenvalue weighted by Gasteiger charge is 2.06. The molecule has 0 atom stereocenters. The zero-order chi connectivity index (χ0) is 9.30. The van der Waals surface area contributed by atoms with E-state index in [1.807, 2.05) is 20.9 Å². The molecule has 12 heavy (non-hydrogen) atoms. The Morgan fingerprint density at radius 2 is 1.75 bits per heavy atom. The molecular weight excluding hydrogens is 170 g/mol. The predicted octanol–water partition coefficient (Wildman–Crippen LogP) is 3.31. The fourth-order valence-corrected chi connectivity index (χ4v) is 1.70.